The van der Waals surface area contributed by atoms with Crippen LogP contribution in [-0.2, 0) is 9.53 Å². The van der Waals surface area contributed by atoms with Gasteiger partial charge < -0.3 is 18.8 Å². The molecule has 7 nitrogen and oxygen atoms in total. The van der Waals surface area contributed by atoms with Gasteiger partial charge in [-0.3, -0.25) is 9.59 Å². The van der Waals surface area contributed by atoms with E-state index in [1.807, 2.05) is 37.3 Å². The Morgan fingerprint density at radius 1 is 0.971 bits per heavy atom. The quantitative estimate of drug-likeness (QED) is 0.117. The third kappa shape index (κ3) is 5.56. The average molecular weight is 477 g/mol. The van der Waals surface area contributed by atoms with Crippen LogP contribution in [0.3, 0.4) is 0 Å². The average Bonchev–Trinajstić information content (AvgIpc) is 2.86. The highest BCUT2D eigenvalue weighted by Crippen LogP contribution is 2.33. The zero-order chi connectivity index (χ0) is 24.8. The lowest BCUT2D eigenvalue weighted by molar-refractivity contribution is -0.143. The summed E-state index contributed by atoms with van der Waals surface area (Å²) in [6.07, 6.45) is 2.91. The smallest absolute Gasteiger partial charge is 0.305 e. The van der Waals surface area contributed by atoms with E-state index in [0.717, 1.165) is 43.6 Å². The van der Waals surface area contributed by atoms with Gasteiger partial charge in [0.25, 0.3) is 0 Å². The third-order valence-corrected chi connectivity index (χ3v) is 6.13. The van der Waals surface area contributed by atoms with E-state index in [1.165, 1.54) is 6.07 Å². The Labute approximate surface area is 205 Å². The minimum atomic E-state index is -0.155. The molecular formula is C28H32N2O5. The van der Waals surface area contributed by atoms with Crippen LogP contribution in [-0.4, -0.2) is 37.3 Å². The number of anilines is 1. The van der Waals surface area contributed by atoms with Crippen molar-refractivity contribution in [2.75, 3.05) is 31.2 Å². The Balaban J connectivity index is 1.55. The Morgan fingerprint density at radius 3 is 2.57 bits per heavy atom. The number of hydrogen-bond donors (Lipinski definition) is 0. The molecule has 0 N–H and O–H groups in total. The molecule has 2 aromatic carbocycles. The van der Waals surface area contributed by atoms with Gasteiger partial charge in [-0.25, -0.2) is 4.98 Å². The van der Waals surface area contributed by atoms with Crippen LogP contribution in [0.4, 0.5) is 5.69 Å². The van der Waals surface area contributed by atoms with Gasteiger partial charge in [-0.15, -0.1) is 0 Å². The lowest BCUT2D eigenvalue weighted by Gasteiger charge is -2.21. The van der Waals surface area contributed by atoms with E-state index in [-0.39, 0.29) is 11.4 Å². The Morgan fingerprint density at radius 2 is 1.80 bits per heavy atom. The standard InChI is InChI=1S/C28H32N2O5/c1-4-30(5-2)19-11-14-23-25(16-19)35-26-18-24(31)21-13-12-20(17-22(21)28(26)29-23)34-15-9-7-8-10-27(32)33-6-3/h11-14,16-18H,4-10,15H2,1-3H3. The predicted molar refractivity (Wildman–Crippen MR) is 139 cm³/mol. The van der Waals surface area contributed by atoms with Crippen molar-refractivity contribution >= 4 is 33.5 Å². The Hall–Kier alpha value is -3.61. The summed E-state index contributed by atoms with van der Waals surface area (Å²) in [5.41, 5.74) is 2.98. The predicted octanol–water partition coefficient (Wildman–Crippen LogP) is 5.79. The fourth-order valence-electron chi connectivity index (χ4n) is 4.29. The van der Waals surface area contributed by atoms with Gasteiger partial charge in [-0.2, -0.15) is 0 Å². The number of nitrogens with zero attached hydrogens (tertiary/aromatic N) is 2. The number of esters is 1. The number of hydrogen-bond acceptors (Lipinski definition) is 7. The Bertz CT molecular complexity index is 1340. The van der Waals surface area contributed by atoms with Crippen LogP contribution in [0.1, 0.15) is 46.5 Å². The van der Waals surface area contributed by atoms with Crippen LogP contribution in [0.5, 0.6) is 5.75 Å². The molecule has 184 valence electrons. The van der Waals surface area contributed by atoms with Gasteiger partial charge in [-0.05, 0) is 70.4 Å². The van der Waals surface area contributed by atoms with Crippen molar-refractivity contribution in [3.63, 3.8) is 0 Å². The monoisotopic (exact) mass is 476 g/mol. The Kier molecular flexibility index (Phi) is 7.85. The molecule has 35 heavy (non-hydrogen) atoms. The number of benzene rings is 3. The second-order valence-corrected chi connectivity index (χ2v) is 8.43. The summed E-state index contributed by atoms with van der Waals surface area (Å²) < 4.78 is 17.0. The second-order valence-electron chi connectivity index (χ2n) is 8.43. The van der Waals surface area contributed by atoms with Gasteiger partial charge in [0.05, 0.1) is 13.2 Å². The van der Waals surface area contributed by atoms with Crippen molar-refractivity contribution in [2.24, 2.45) is 0 Å². The highest BCUT2D eigenvalue weighted by molar-refractivity contribution is 5.97. The SMILES string of the molecule is CCOC(=O)CCCCCOc1ccc2c(=O)cc3oc4cc(N(CC)CC)ccc4nc-3c2c1. The van der Waals surface area contributed by atoms with E-state index in [4.69, 9.17) is 18.9 Å². The minimum Gasteiger partial charge on any atom is -0.494 e. The van der Waals surface area contributed by atoms with Crippen molar-refractivity contribution in [1.82, 2.24) is 4.98 Å². The molecule has 2 aromatic rings. The van der Waals surface area contributed by atoms with Crippen molar-refractivity contribution < 1.29 is 18.7 Å². The zero-order valence-electron chi connectivity index (χ0n) is 20.6. The molecule has 1 aliphatic heterocycles. The lowest BCUT2D eigenvalue weighted by Crippen LogP contribution is -2.21. The highest BCUT2D eigenvalue weighted by atomic mass is 16.5. The van der Waals surface area contributed by atoms with Crippen LogP contribution >= 0.6 is 0 Å². The maximum atomic E-state index is 12.8. The van der Waals surface area contributed by atoms with Gasteiger partial charge in [-0.1, -0.05) is 0 Å². The van der Waals surface area contributed by atoms with Crippen molar-refractivity contribution in [3.8, 4) is 17.2 Å². The van der Waals surface area contributed by atoms with E-state index in [1.54, 1.807) is 6.07 Å². The number of fused-ring (bicyclic) bond motifs is 4. The normalized spacial score (nSPS) is 11.3. The van der Waals surface area contributed by atoms with E-state index >= 15 is 0 Å². The number of ether oxygens (including phenoxy) is 2. The molecule has 0 spiro atoms. The third-order valence-electron chi connectivity index (χ3n) is 6.13. The fraction of sp³-hybridized carbons (Fsp3) is 0.393. The molecule has 0 radical (unpaired) electrons. The molecule has 0 saturated heterocycles. The first-order chi connectivity index (χ1) is 17.0. The van der Waals surface area contributed by atoms with Crippen molar-refractivity contribution in [1.29, 1.82) is 0 Å². The largest absolute Gasteiger partial charge is 0.494 e. The summed E-state index contributed by atoms with van der Waals surface area (Å²) in [5.74, 6) is 0.981. The van der Waals surface area contributed by atoms with Crippen LogP contribution in [0, 0.1) is 0 Å². The number of carbonyl (C=O) groups excluding carboxylic acids is 1. The van der Waals surface area contributed by atoms with Crippen LogP contribution in [0.15, 0.2) is 51.7 Å². The van der Waals surface area contributed by atoms with Gasteiger partial charge in [0.1, 0.15) is 17.0 Å². The maximum Gasteiger partial charge on any atom is 0.305 e. The molecule has 7 heteroatoms. The zero-order valence-corrected chi connectivity index (χ0v) is 20.6. The van der Waals surface area contributed by atoms with Crippen LogP contribution in [0.2, 0.25) is 0 Å². The summed E-state index contributed by atoms with van der Waals surface area (Å²) in [6, 6.07) is 12.9. The molecule has 1 heterocycles. The fourth-order valence-corrected chi connectivity index (χ4v) is 4.29. The van der Waals surface area contributed by atoms with Gasteiger partial charge in [0.2, 0.25) is 0 Å². The number of rotatable bonds is 11. The molecular weight excluding hydrogens is 444 g/mol. The first-order valence-corrected chi connectivity index (χ1v) is 12.4. The summed E-state index contributed by atoms with van der Waals surface area (Å²) in [5, 5.41) is 1.30. The maximum absolute atomic E-state index is 12.8. The second kappa shape index (κ2) is 11.2. The van der Waals surface area contributed by atoms with E-state index in [0.29, 0.717) is 53.2 Å². The molecule has 0 fully saturated rings. The summed E-state index contributed by atoms with van der Waals surface area (Å²) in [7, 11) is 0. The molecule has 0 atom stereocenters. The van der Waals surface area contributed by atoms with Gasteiger partial charge >= 0.3 is 5.97 Å². The van der Waals surface area contributed by atoms with E-state index in [2.05, 4.69) is 18.7 Å². The topological polar surface area (TPSA) is 81.9 Å². The summed E-state index contributed by atoms with van der Waals surface area (Å²) in [4.78, 5) is 31.3. The number of unbranched alkanes of at least 4 members (excludes halogenated alkanes) is 2. The van der Waals surface area contributed by atoms with Crippen molar-refractivity contribution in [2.45, 2.75) is 46.5 Å². The molecule has 0 saturated carbocycles. The van der Waals surface area contributed by atoms with E-state index < -0.39 is 0 Å². The lowest BCUT2D eigenvalue weighted by atomic mass is 10.0. The van der Waals surface area contributed by atoms with Crippen LogP contribution in [0.25, 0.3) is 33.3 Å². The molecule has 0 aromatic heterocycles. The summed E-state index contributed by atoms with van der Waals surface area (Å²) >= 11 is 0. The molecule has 0 unspecified atom stereocenters. The first kappa shape index (κ1) is 24.5. The number of aromatic nitrogens is 1. The molecule has 2 aliphatic rings. The molecule has 0 amide bonds. The van der Waals surface area contributed by atoms with E-state index in [9.17, 15) is 9.59 Å². The van der Waals surface area contributed by atoms with Crippen LogP contribution < -0.4 is 15.1 Å². The minimum absolute atomic E-state index is 0.109. The van der Waals surface area contributed by atoms with Gasteiger partial charge in [0.15, 0.2) is 16.8 Å². The molecule has 1 aliphatic carbocycles. The first-order valence-electron chi connectivity index (χ1n) is 12.4. The van der Waals surface area contributed by atoms with Crippen molar-refractivity contribution in [3.05, 3.63) is 52.7 Å². The van der Waals surface area contributed by atoms with Gasteiger partial charge in [0, 0.05) is 48.1 Å². The highest BCUT2D eigenvalue weighted by Gasteiger charge is 2.17. The summed E-state index contributed by atoms with van der Waals surface area (Å²) in [6.45, 7) is 8.77. The molecule has 4 rings (SSSR count). The number of carbonyl (C=O) groups is 1. The molecule has 0 bridgehead atoms.